The normalized spacial score (nSPS) is 22.2. The van der Waals surface area contributed by atoms with Gasteiger partial charge in [0.05, 0.1) is 18.8 Å². The largest absolute Gasteiger partial charge is 0.459 e. The fraction of sp³-hybridized carbons (Fsp3) is 0.500. The molecule has 0 bridgehead atoms. The van der Waals surface area contributed by atoms with Gasteiger partial charge in [-0.05, 0) is 26.1 Å². The first-order valence-electron chi connectivity index (χ1n) is 7.26. The molecule has 1 fully saturated rings. The molecule has 1 aliphatic heterocycles. The molecule has 4 heteroatoms. The highest BCUT2D eigenvalue weighted by molar-refractivity contribution is 5.77. The second kappa shape index (κ2) is 5.95. The van der Waals surface area contributed by atoms with Crippen LogP contribution in [0.5, 0.6) is 0 Å². The van der Waals surface area contributed by atoms with Gasteiger partial charge in [0.15, 0.2) is 0 Å². The average molecular weight is 274 g/mol. The fourth-order valence-electron chi connectivity index (χ4n) is 2.83. The number of hydrogen-bond donors (Lipinski definition) is 1. The number of ether oxygens (including phenoxy) is 1. The number of nitrogens with zero attached hydrogens (tertiary/aromatic N) is 1. The molecular formula is C16H22N2O2. The molecule has 1 saturated heterocycles. The van der Waals surface area contributed by atoms with Gasteiger partial charge in [-0.15, -0.1) is 0 Å². The van der Waals surface area contributed by atoms with E-state index in [2.05, 4.69) is 29.3 Å². The number of likely N-dealkylation sites (N-methyl/N-ethyl adjacent to an activating group) is 1. The van der Waals surface area contributed by atoms with Crippen LogP contribution in [-0.4, -0.2) is 44.3 Å². The number of benzene rings is 1. The van der Waals surface area contributed by atoms with Crippen LogP contribution < -0.4 is 5.32 Å². The molecule has 108 valence electrons. The topological polar surface area (TPSA) is 37.6 Å². The summed E-state index contributed by atoms with van der Waals surface area (Å²) >= 11 is 0. The molecule has 0 radical (unpaired) electrons. The average Bonchev–Trinajstić information content (AvgIpc) is 2.91. The predicted molar refractivity (Wildman–Crippen MR) is 79.9 cm³/mol. The van der Waals surface area contributed by atoms with Crippen LogP contribution in [0.4, 0.5) is 0 Å². The lowest BCUT2D eigenvalue weighted by Crippen LogP contribution is -2.46. The lowest BCUT2D eigenvalue weighted by Gasteiger charge is -2.36. The van der Waals surface area contributed by atoms with Crippen molar-refractivity contribution in [2.75, 3.05) is 33.3 Å². The van der Waals surface area contributed by atoms with E-state index in [9.17, 15) is 0 Å². The Morgan fingerprint density at radius 2 is 2.25 bits per heavy atom. The van der Waals surface area contributed by atoms with E-state index >= 15 is 0 Å². The number of hydrogen-bond acceptors (Lipinski definition) is 4. The second-order valence-corrected chi connectivity index (χ2v) is 5.41. The minimum atomic E-state index is 0.264. The summed E-state index contributed by atoms with van der Waals surface area (Å²) in [7, 11) is 1.96. The van der Waals surface area contributed by atoms with Crippen molar-refractivity contribution in [3.8, 4) is 0 Å². The van der Waals surface area contributed by atoms with E-state index in [1.54, 1.807) is 0 Å². The van der Waals surface area contributed by atoms with Crippen LogP contribution >= 0.6 is 0 Å². The molecule has 3 rings (SSSR count). The molecule has 0 aliphatic carbocycles. The number of para-hydroxylation sites is 1. The third-order valence-corrected chi connectivity index (χ3v) is 4.01. The van der Waals surface area contributed by atoms with Crippen molar-refractivity contribution >= 4 is 11.0 Å². The van der Waals surface area contributed by atoms with Crippen LogP contribution in [0.2, 0.25) is 0 Å². The molecule has 20 heavy (non-hydrogen) atoms. The van der Waals surface area contributed by atoms with E-state index < -0.39 is 0 Å². The van der Waals surface area contributed by atoms with E-state index in [1.165, 1.54) is 5.39 Å². The van der Waals surface area contributed by atoms with Crippen LogP contribution in [0, 0.1) is 0 Å². The molecule has 2 heterocycles. The van der Waals surface area contributed by atoms with Crippen molar-refractivity contribution in [2.24, 2.45) is 0 Å². The van der Waals surface area contributed by atoms with Gasteiger partial charge < -0.3 is 14.5 Å². The maximum atomic E-state index is 5.98. The van der Waals surface area contributed by atoms with Crippen molar-refractivity contribution in [1.82, 2.24) is 10.2 Å². The van der Waals surface area contributed by atoms with Crippen molar-refractivity contribution < 1.29 is 9.15 Å². The van der Waals surface area contributed by atoms with E-state index in [0.29, 0.717) is 0 Å². The quantitative estimate of drug-likeness (QED) is 0.929. The van der Waals surface area contributed by atoms with Crippen molar-refractivity contribution in [3.63, 3.8) is 0 Å². The Morgan fingerprint density at radius 1 is 1.40 bits per heavy atom. The van der Waals surface area contributed by atoms with Crippen molar-refractivity contribution in [3.05, 3.63) is 36.1 Å². The summed E-state index contributed by atoms with van der Waals surface area (Å²) in [6.45, 7) is 5.79. The Labute approximate surface area is 119 Å². The predicted octanol–water partition coefficient (Wildman–Crippen LogP) is 2.41. The molecule has 1 N–H and O–H groups in total. The zero-order valence-corrected chi connectivity index (χ0v) is 12.1. The van der Waals surface area contributed by atoms with Gasteiger partial charge >= 0.3 is 0 Å². The molecule has 1 aliphatic rings. The lowest BCUT2D eigenvalue weighted by atomic mass is 10.1. The monoisotopic (exact) mass is 274 g/mol. The minimum Gasteiger partial charge on any atom is -0.459 e. The van der Waals surface area contributed by atoms with E-state index in [4.69, 9.17) is 9.15 Å². The van der Waals surface area contributed by atoms with Gasteiger partial charge in [0.2, 0.25) is 0 Å². The molecule has 4 nitrogen and oxygen atoms in total. The van der Waals surface area contributed by atoms with Gasteiger partial charge in [0.25, 0.3) is 0 Å². The number of furan rings is 1. The molecule has 0 saturated carbocycles. The van der Waals surface area contributed by atoms with Gasteiger partial charge in [-0.1, -0.05) is 18.2 Å². The van der Waals surface area contributed by atoms with Crippen LogP contribution in [0.15, 0.2) is 34.7 Å². The summed E-state index contributed by atoms with van der Waals surface area (Å²) in [4.78, 5) is 2.43. The first-order chi connectivity index (χ1) is 9.78. The molecule has 0 spiro atoms. The summed E-state index contributed by atoms with van der Waals surface area (Å²) in [6.07, 6.45) is 0.264. The summed E-state index contributed by atoms with van der Waals surface area (Å²) in [5, 5.41) is 4.36. The smallest absolute Gasteiger partial charge is 0.134 e. The minimum absolute atomic E-state index is 0.264. The number of fused-ring (bicyclic) bond motifs is 1. The molecular weight excluding hydrogens is 252 g/mol. The Hall–Kier alpha value is -1.36. The Balaban J connectivity index is 1.75. The first kappa shape index (κ1) is 13.6. The van der Waals surface area contributed by atoms with Crippen LogP contribution in [0.25, 0.3) is 11.0 Å². The Kier molecular flexibility index (Phi) is 4.05. The molecule has 1 aromatic carbocycles. The number of nitrogens with one attached hydrogen (secondary N) is 1. The molecule has 2 unspecified atom stereocenters. The van der Waals surface area contributed by atoms with Gasteiger partial charge in [0.1, 0.15) is 11.3 Å². The third kappa shape index (κ3) is 2.73. The molecule has 0 amide bonds. The number of morpholine rings is 1. The highest BCUT2D eigenvalue weighted by Crippen LogP contribution is 2.28. The second-order valence-electron chi connectivity index (χ2n) is 5.41. The SMILES string of the molecule is CNCC1CN(C(C)c2cc3ccccc3o2)CCO1. The third-order valence-electron chi connectivity index (χ3n) is 4.01. The highest BCUT2D eigenvalue weighted by Gasteiger charge is 2.26. The van der Waals surface area contributed by atoms with Crippen molar-refractivity contribution in [1.29, 1.82) is 0 Å². The maximum absolute atomic E-state index is 5.98. The van der Waals surface area contributed by atoms with E-state index in [1.807, 2.05) is 25.2 Å². The van der Waals surface area contributed by atoms with Crippen LogP contribution in [-0.2, 0) is 4.74 Å². The van der Waals surface area contributed by atoms with E-state index in [-0.39, 0.29) is 12.1 Å². The summed E-state index contributed by atoms with van der Waals surface area (Å²) in [6, 6.07) is 10.6. The Morgan fingerprint density at radius 3 is 3.05 bits per heavy atom. The zero-order chi connectivity index (χ0) is 13.9. The standard InChI is InChI=1S/C16H22N2O2/c1-12(18-7-8-19-14(11-18)10-17-2)16-9-13-5-3-4-6-15(13)20-16/h3-6,9,12,14,17H,7-8,10-11H2,1-2H3. The summed E-state index contributed by atoms with van der Waals surface area (Å²) < 4.78 is 11.7. The number of rotatable bonds is 4. The zero-order valence-electron chi connectivity index (χ0n) is 12.1. The molecule has 2 aromatic rings. The highest BCUT2D eigenvalue weighted by atomic mass is 16.5. The van der Waals surface area contributed by atoms with Gasteiger partial charge in [-0.25, -0.2) is 0 Å². The van der Waals surface area contributed by atoms with Crippen molar-refractivity contribution in [2.45, 2.75) is 19.1 Å². The van der Waals surface area contributed by atoms with Crippen LogP contribution in [0.1, 0.15) is 18.7 Å². The first-order valence-corrected chi connectivity index (χ1v) is 7.26. The summed E-state index contributed by atoms with van der Waals surface area (Å²) in [5.74, 6) is 1.04. The fourth-order valence-corrected chi connectivity index (χ4v) is 2.83. The van der Waals surface area contributed by atoms with Gasteiger partial charge in [-0.3, -0.25) is 4.90 Å². The maximum Gasteiger partial charge on any atom is 0.134 e. The van der Waals surface area contributed by atoms with Gasteiger partial charge in [0, 0.05) is 25.0 Å². The lowest BCUT2D eigenvalue weighted by molar-refractivity contribution is -0.0417. The van der Waals surface area contributed by atoms with Gasteiger partial charge in [-0.2, -0.15) is 0 Å². The van der Waals surface area contributed by atoms with E-state index in [0.717, 1.165) is 37.6 Å². The molecule has 2 atom stereocenters. The molecule has 1 aromatic heterocycles. The van der Waals surface area contributed by atoms with Crippen LogP contribution in [0.3, 0.4) is 0 Å². The Bertz CT molecular complexity index is 531. The summed E-state index contributed by atoms with van der Waals surface area (Å²) in [5.41, 5.74) is 0.967.